The molecule has 164 valence electrons. The Labute approximate surface area is 183 Å². The minimum absolute atomic E-state index is 0.228. The molecule has 31 heavy (non-hydrogen) atoms. The number of carbonyl (C=O) groups is 3. The maximum absolute atomic E-state index is 12.5. The maximum Gasteiger partial charge on any atom is 0.321 e. The second-order valence-corrected chi connectivity index (χ2v) is 7.58. The minimum Gasteiger partial charge on any atom is -0.455 e. The van der Waals surface area contributed by atoms with Gasteiger partial charge in [-0.15, -0.1) is 0 Å². The van der Waals surface area contributed by atoms with Crippen molar-refractivity contribution in [3.05, 3.63) is 66.2 Å². The summed E-state index contributed by atoms with van der Waals surface area (Å²) in [6.07, 6.45) is 1.36. The third-order valence-corrected chi connectivity index (χ3v) is 5.36. The quantitative estimate of drug-likeness (QED) is 0.691. The van der Waals surface area contributed by atoms with Crippen LogP contribution in [-0.4, -0.2) is 53.9 Å². The smallest absolute Gasteiger partial charge is 0.321 e. The Balaban J connectivity index is 1.48. The van der Waals surface area contributed by atoms with Gasteiger partial charge in [0.2, 0.25) is 0 Å². The number of likely N-dealkylation sites (N-methyl/N-ethyl adjacent to an activating group) is 1. The van der Waals surface area contributed by atoms with Crippen molar-refractivity contribution in [1.82, 2.24) is 9.80 Å². The molecular weight excluding hydrogens is 394 g/mol. The third-order valence-electron chi connectivity index (χ3n) is 5.36. The highest BCUT2D eigenvalue weighted by molar-refractivity contribution is 5.90. The Morgan fingerprint density at radius 1 is 1.06 bits per heavy atom. The number of nitrogens with zero attached hydrogens (tertiary/aromatic N) is 2. The molecule has 1 atom stereocenters. The molecule has 1 fully saturated rings. The highest BCUT2D eigenvalue weighted by atomic mass is 16.5. The van der Waals surface area contributed by atoms with Crippen LogP contribution >= 0.6 is 0 Å². The zero-order valence-corrected chi connectivity index (χ0v) is 17.8. The molecule has 3 rings (SSSR count). The summed E-state index contributed by atoms with van der Waals surface area (Å²) in [6, 6.07) is 18.7. The van der Waals surface area contributed by atoms with Crippen LogP contribution in [-0.2, 0) is 20.9 Å². The third kappa shape index (κ3) is 6.57. The monoisotopic (exact) mass is 423 g/mol. The lowest BCUT2D eigenvalue weighted by Gasteiger charge is -2.31. The van der Waals surface area contributed by atoms with Gasteiger partial charge in [0, 0.05) is 31.9 Å². The molecule has 7 heteroatoms. The molecule has 1 saturated heterocycles. The number of likely N-dealkylation sites (tertiary alicyclic amines) is 1. The number of nitrogens with one attached hydrogen (secondary N) is 1. The number of piperidine rings is 1. The summed E-state index contributed by atoms with van der Waals surface area (Å²) in [4.78, 5) is 40.8. The fraction of sp³-hybridized carbons (Fsp3) is 0.375. The molecule has 7 nitrogen and oxygen atoms in total. The van der Waals surface area contributed by atoms with Gasteiger partial charge in [0.25, 0.3) is 5.91 Å². The fourth-order valence-corrected chi connectivity index (χ4v) is 3.60. The zero-order chi connectivity index (χ0) is 22.1. The van der Waals surface area contributed by atoms with E-state index >= 15 is 0 Å². The van der Waals surface area contributed by atoms with Crippen molar-refractivity contribution >= 4 is 23.6 Å². The van der Waals surface area contributed by atoms with E-state index in [9.17, 15) is 14.4 Å². The number of rotatable bonds is 7. The molecule has 0 aromatic heterocycles. The summed E-state index contributed by atoms with van der Waals surface area (Å²) >= 11 is 0. The van der Waals surface area contributed by atoms with Crippen LogP contribution in [0.2, 0.25) is 0 Å². The van der Waals surface area contributed by atoms with E-state index in [1.807, 2.05) is 67.6 Å². The van der Waals surface area contributed by atoms with Crippen molar-refractivity contribution in [3.63, 3.8) is 0 Å². The number of anilines is 1. The number of para-hydroxylation sites is 1. The van der Waals surface area contributed by atoms with Crippen LogP contribution < -0.4 is 5.32 Å². The van der Waals surface area contributed by atoms with Gasteiger partial charge in [0.1, 0.15) is 0 Å². The second-order valence-electron chi connectivity index (χ2n) is 7.58. The minimum atomic E-state index is -0.429. The molecule has 0 spiro atoms. The van der Waals surface area contributed by atoms with Gasteiger partial charge in [-0.2, -0.15) is 0 Å². The number of urea groups is 1. The molecule has 1 unspecified atom stereocenters. The van der Waals surface area contributed by atoms with Gasteiger partial charge in [-0.3, -0.25) is 9.59 Å². The zero-order valence-electron chi connectivity index (χ0n) is 17.8. The molecule has 0 aliphatic carbocycles. The van der Waals surface area contributed by atoms with Crippen LogP contribution in [0.25, 0.3) is 0 Å². The first-order valence-corrected chi connectivity index (χ1v) is 10.7. The number of esters is 1. The van der Waals surface area contributed by atoms with Gasteiger partial charge in [0.15, 0.2) is 6.61 Å². The Kier molecular flexibility index (Phi) is 8.04. The van der Waals surface area contributed by atoms with Crippen LogP contribution in [0, 0.1) is 5.92 Å². The Morgan fingerprint density at radius 3 is 2.42 bits per heavy atom. The molecule has 1 heterocycles. The number of hydrogen-bond donors (Lipinski definition) is 1. The van der Waals surface area contributed by atoms with Crippen molar-refractivity contribution in [3.8, 4) is 0 Å². The van der Waals surface area contributed by atoms with Crippen molar-refractivity contribution in [1.29, 1.82) is 0 Å². The lowest BCUT2D eigenvalue weighted by atomic mass is 9.98. The van der Waals surface area contributed by atoms with E-state index in [-0.39, 0.29) is 25.1 Å². The van der Waals surface area contributed by atoms with E-state index < -0.39 is 11.9 Å². The Morgan fingerprint density at radius 2 is 1.74 bits per heavy atom. The van der Waals surface area contributed by atoms with Gasteiger partial charge in [-0.25, -0.2) is 4.79 Å². The van der Waals surface area contributed by atoms with Crippen molar-refractivity contribution in [2.75, 3.05) is 31.6 Å². The second kappa shape index (κ2) is 11.2. The van der Waals surface area contributed by atoms with Gasteiger partial charge in [-0.05, 0) is 37.5 Å². The van der Waals surface area contributed by atoms with Crippen LogP contribution in [0.5, 0.6) is 0 Å². The highest BCUT2D eigenvalue weighted by Gasteiger charge is 2.30. The first-order valence-electron chi connectivity index (χ1n) is 10.7. The summed E-state index contributed by atoms with van der Waals surface area (Å²) in [5, 5.41) is 2.84. The number of ether oxygens (including phenoxy) is 1. The summed E-state index contributed by atoms with van der Waals surface area (Å²) in [5.41, 5.74) is 1.73. The van der Waals surface area contributed by atoms with Gasteiger partial charge in [-0.1, -0.05) is 48.5 Å². The SMILES string of the molecule is CCN(Cc1ccccc1)C(=O)COC(=O)C1CCCN(C(=O)Nc2ccccc2)C1. The molecule has 1 N–H and O–H groups in total. The summed E-state index contributed by atoms with van der Waals surface area (Å²) in [7, 11) is 0. The number of amides is 3. The largest absolute Gasteiger partial charge is 0.455 e. The average Bonchev–Trinajstić information content (AvgIpc) is 2.82. The van der Waals surface area contributed by atoms with E-state index in [0.29, 0.717) is 38.2 Å². The van der Waals surface area contributed by atoms with Crippen LogP contribution in [0.4, 0.5) is 10.5 Å². The van der Waals surface area contributed by atoms with Gasteiger partial charge >= 0.3 is 12.0 Å². The Hall–Kier alpha value is -3.35. The average molecular weight is 424 g/mol. The van der Waals surface area contributed by atoms with E-state index in [1.54, 1.807) is 9.80 Å². The number of hydrogen-bond acceptors (Lipinski definition) is 4. The predicted octanol–water partition coefficient (Wildman–Crippen LogP) is 3.52. The first kappa shape index (κ1) is 22.3. The maximum atomic E-state index is 12.5. The van der Waals surface area contributed by atoms with E-state index in [0.717, 1.165) is 5.56 Å². The summed E-state index contributed by atoms with van der Waals surface area (Å²) < 4.78 is 5.32. The molecule has 0 radical (unpaired) electrons. The molecule has 3 amide bonds. The van der Waals surface area contributed by atoms with Crippen LogP contribution in [0.15, 0.2) is 60.7 Å². The van der Waals surface area contributed by atoms with E-state index in [4.69, 9.17) is 4.74 Å². The summed E-state index contributed by atoms with van der Waals surface area (Å²) in [5.74, 6) is -1.08. The van der Waals surface area contributed by atoms with E-state index in [1.165, 1.54) is 0 Å². The normalized spacial score (nSPS) is 15.8. The summed E-state index contributed by atoms with van der Waals surface area (Å²) in [6.45, 7) is 3.49. The molecule has 2 aromatic carbocycles. The topological polar surface area (TPSA) is 79.0 Å². The van der Waals surface area contributed by atoms with Gasteiger partial charge < -0.3 is 19.9 Å². The van der Waals surface area contributed by atoms with E-state index in [2.05, 4.69) is 5.32 Å². The predicted molar refractivity (Wildman–Crippen MR) is 118 cm³/mol. The molecule has 1 aliphatic heterocycles. The van der Waals surface area contributed by atoms with Crippen molar-refractivity contribution < 1.29 is 19.1 Å². The highest BCUT2D eigenvalue weighted by Crippen LogP contribution is 2.19. The van der Waals surface area contributed by atoms with Crippen LogP contribution in [0.1, 0.15) is 25.3 Å². The number of benzene rings is 2. The lowest BCUT2D eigenvalue weighted by Crippen LogP contribution is -2.45. The van der Waals surface area contributed by atoms with Crippen molar-refractivity contribution in [2.24, 2.45) is 5.92 Å². The van der Waals surface area contributed by atoms with Crippen LogP contribution in [0.3, 0.4) is 0 Å². The molecular formula is C24H29N3O4. The Bertz CT molecular complexity index is 873. The van der Waals surface area contributed by atoms with Crippen molar-refractivity contribution in [2.45, 2.75) is 26.3 Å². The fourth-order valence-electron chi connectivity index (χ4n) is 3.60. The molecule has 2 aromatic rings. The molecule has 1 aliphatic rings. The first-order chi connectivity index (χ1) is 15.1. The number of carbonyl (C=O) groups excluding carboxylic acids is 3. The van der Waals surface area contributed by atoms with Gasteiger partial charge in [0.05, 0.1) is 5.92 Å². The lowest BCUT2D eigenvalue weighted by molar-refractivity contribution is -0.156. The standard InChI is InChI=1S/C24H29N3O4/c1-2-26(16-19-10-5-3-6-11-19)22(28)18-31-23(29)20-12-9-15-27(17-20)24(30)25-21-13-7-4-8-14-21/h3-8,10-11,13-14,20H,2,9,12,15-18H2,1H3,(H,25,30). The molecule has 0 bridgehead atoms. The molecule has 0 saturated carbocycles.